The molecular formula is C17H17N5O. The van der Waals surface area contributed by atoms with E-state index in [0.29, 0.717) is 17.3 Å². The SMILES string of the molecule is CC(C)c1ccccc1NC(=O)c1ccc(-c2nn[nH]n2)cc1. The molecule has 0 saturated carbocycles. The second kappa shape index (κ2) is 6.39. The highest BCUT2D eigenvalue weighted by atomic mass is 16.1. The Morgan fingerprint density at radius 3 is 2.48 bits per heavy atom. The molecule has 0 spiro atoms. The maximum atomic E-state index is 12.4. The van der Waals surface area contributed by atoms with Crippen LogP contribution in [0.4, 0.5) is 5.69 Å². The lowest BCUT2D eigenvalue weighted by Crippen LogP contribution is -2.13. The third-order valence-electron chi connectivity index (χ3n) is 3.58. The number of carbonyl (C=O) groups excluding carboxylic acids is 1. The molecule has 0 aliphatic rings. The summed E-state index contributed by atoms with van der Waals surface area (Å²) in [4.78, 5) is 12.4. The third-order valence-corrected chi connectivity index (χ3v) is 3.58. The standard InChI is InChI=1S/C17H17N5O/c1-11(2)14-5-3-4-6-15(14)18-17(23)13-9-7-12(8-10-13)16-19-21-22-20-16/h3-11H,1-2H3,(H,18,23)(H,19,20,21,22). The Bertz CT molecular complexity index is 794. The molecule has 0 fully saturated rings. The van der Waals surface area contributed by atoms with E-state index < -0.39 is 0 Å². The molecule has 1 heterocycles. The van der Waals surface area contributed by atoms with Crippen LogP contribution in [0.25, 0.3) is 11.4 Å². The summed E-state index contributed by atoms with van der Waals surface area (Å²) in [5, 5.41) is 16.7. The Morgan fingerprint density at radius 2 is 1.83 bits per heavy atom. The highest BCUT2D eigenvalue weighted by Gasteiger charge is 2.11. The minimum absolute atomic E-state index is 0.141. The molecule has 0 saturated heterocycles. The maximum absolute atomic E-state index is 12.4. The van der Waals surface area contributed by atoms with E-state index in [-0.39, 0.29) is 5.91 Å². The number of tetrazole rings is 1. The number of carbonyl (C=O) groups is 1. The van der Waals surface area contributed by atoms with Gasteiger partial charge in [0.15, 0.2) is 0 Å². The predicted octanol–water partition coefficient (Wildman–Crippen LogP) is 3.24. The highest BCUT2D eigenvalue weighted by Crippen LogP contribution is 2.24. The number of H-pyrrole nitrogens is 1. The van der Waals surface area contributed by atoms with E-state index in [1.807, 2.05) is 24.3 Å². The number of nitrogens with one attached hydrogen (secondary N) is 2. The van der Waals surface area contributed by atoms with Gasteiger partial charge in [0.05, 0.1) is 0 Å². The largest absolute Gasteiger partial charge is 0.322 e. The summed E-state index contributed by atoms with van der Waals surface area (Å²) in [5.74, 6) is 0.701. The molecule has 0 aliphatic carbocycles. The fourth-order valence-electron chi connectivity index (χ4n) is 2.36. The van der Waals surface area contributed by atoms with Gasteiger partial charge >= 0.3 is 0 Å². The first-order valence-corrected chi connectivity index (χ1v) is 7.39. The van der Waals surface area contributed by atoms with Gasteiger partial charge in [-0.3, -0.25) is 4.79 Å². The zero-order valence-corrected chi connectivity index (χ0v) is 12.9. The average Bonchev–Trinajstić information content (AvgIpc) is 3.10. The third kappa shape index (κ3) is 3.26. The van der Waals surface area contributed by atoms with E-state index in [0.717, 1.165) is 16.8 Å². The summed E-state index contributed by atoms with van der Waals surface area (Å²) in [6.07, 6.45) is 0. The zero-order chi connectivity index (χ0) is 16.2. The topological polar surface area (TPSA) is 83.6 Å². The van der Waals surface area contributed by atoms with Crippen LogP contribution in [0, 0.1) is 0 Å². The van der Waals surface area contributed by atoms with E-state index in [4.69, 9.17) is 0 Å². The van der Waals surface area contributed by atoms with Gasteiger partial charge in [0.2, 0.25) is 5.82 Å². The van der Waals surface area contributed by atoms with Crippen LogP contribution in [0.15, 0.2) is 48.5 Å². The molecule has 0 bridgehead atoms. The lowest BCUT2D eigenvalue weighted by Gasteiger charge is -2.13. The summed E-state index contributed by atoms with van der Waals surface area (Å²) >= 11 is 0. The van der Waals surface area contributed by atoms with Crippen molar-refractivity contribution in [2.24, 2.45) is 0 Å². The van der Waals surface area contributed by atoms with Gasteiger partial charge in [0, 0.05) is 16.8 Å². The molecule has 0 radical (unpaired) electrons. The van der Waals surface area contributed by atoms with E-state index >= 15 is 0 Å². The summed E-state index contributed by atoms with van der Waals surface area (Å²) < 4.78 is 0. The number of nitrogens with zero attached hydrogens (tertiary/aromatic N) is 3. The van der Waals surface area contributed by atoms with Gasteiger partial charge in [-0.15, -0.1) is 10.2 Å². The van der Waals surface area contributed by atoms with Crippen molar-refractivity contribution >= 4 is 11.6 Å². The van der Waals surface area contributed by atoms with Crippen LogP contribution in [-0.4, -0.2) is 26.5 Å². The smallest absolute Gasteiger partial charge is 0.255 e. The maximum Gasteiger partial charge on any atom is 0.255 e. The van der Waals surface area contributed by atoms with Gasteiger partial charge in [-0.25, -0.2) is 0 Å². The molecule has 3 rings (SSSR count). The number of aromatic amines is 1. The van der Waals surface area contributed by atoms with Crippen molar-refractivity contribution in [3.63, 3.8) is 0 Å². The summed E-state index contributed by atoms with van der Waals surface area (Å²) in [6, 6.07) is 14.9. The number of hydrogen-bond acceptors (Lipinski definition) is 4. The molecular weight excluding hydrogens is 290 g/mol. The normalized spacial score (nSPS) is 10.7. The predicted molar refractivity (Wildman–Crippen MR) is 88.1 cm³/mol. The highest BCUT2D eigenvalue weighted by molar-refractivity contribution is 6.04. The van der Waals surface area contributed by atoms with E-state index in [9.17, 15) is 4.79 Å². The Balaban J connectivity index is 1.79. The number of aromatic nitrogens is 4. The van der Waals surface area contributed by atoms with Crippen LogP contribution in [-0.2, 0) is 0 Å². The minimum atomic E-state index is -0.141. The van der Waals surface area contributed by atoms with Gasteiger partial charge in [-0.1, -0.05) is 44.2 Å². The lowest BCUT2D eigenvalue weighted by molar-refractivity contribution is 0.102. The Kier molecular flexibility index (Phi) is 4.14. The van der Waals surface area contributed by atoms with Crippen LogP contribution in [0.1, 0.15) is 35.7 Å². The molecule has 116 valence electrons. The molecule has 1 aromatic heterocycles. The van der Waals surface area contributed by atoms with Crippen molar-refractivity contribution in [3.8, 4) is 11.4 Å². The number of amides is 1. The number of para-hydroxylation sites is 1. The van der Waals surface area contributed by atoms with Crippen molar-refractivity contribution < 1.29 is 4.79 Å². The van der Waals surface area contributed by atoms with Gasteiger partial charge in [-0.05, 0) is 34.9 Å². The Hall–Kier alpha value is -3.02. The molecule has 1 amide bonds. The van der Waals surface area contributed by atoms with Crippen molar-refractivity contribution in [2.45, 2.75) is 19.8 Å². The number of hydrogen-bond donors (Lipinski definition) is 2. The lowest BCUT2D eigenvalue weighted by atomic mass is 10.0. The zero-order valence-electron chi connectivity index (χ0n) is 12.9. The van der Waals surface area contributed by atoms with Crippen molar-refractivity contribution in [1.82, 2.24) is 20.6 Å². The molecule has 6 heteroatoms. The summed E-state index contributed by atoms with van der Waals surface area (Å²) in [5.41, 5.74) is 3.34. The van der Waals surface area contributed by atoms with Gasteiger partial charge in [0.1, 0.15) is 0 Å². The number of rotatable bonds is 4. The van der Waals surface area contributed by atoms with Crippen molar-refractivity contribution in [2.75, 3.05) is 5.32 Å². The quantitative estimate of drug-likeness (QED) is 0.775. The van der Waals surface area contributed by atoms with Crippen molar-refractivity contribution in [3.05, 3.63) is 59.7 Å². The molecule has 2 N–H and O–H groups in total. The first-order chi connectivity index (χ1) is 11.1. The molecule has 2 aromatic carbocycles. The number of anilines is 1. The Morgan fingerprint density at radius 1 is 1.09 bits per heavy atom. The molecule has 3 aromatic rings. The van der Waals surface area contributed by atoms with Gasteiger partial charge in [-0.2, -0.15) is 5.21 Å². The molecule has 6 nitrogen and oxygen atoms in total. The Labute approximate surface area is 133 Å². The van der Waals surface area contributed by atoms with Crippen LogP contribution in [0.3, 0.4) is 0 Å². The monoisotopic (exact) mass is 307 g/mol. The first kappa shape index (κ1) is 14.9. The van der Waals surface area contributed by atoms with Crippen LogP contribution < -0.4 is 5.32 Å². The summed E-state index contributed by atoms with van der Waals surface area (Å²) in [6.45, 7) is 4.20. The van der Waals surface area contributed by atoms with Gasteiger partial charge < -0.3 is 5.32 Å². The minimum Gasteiger partial charge on any atom is -0.322 e. The number of benzene rings is 2. The van der Waals surface area contributed by atoms with E-state index in [1.54, 1.807) is 24.3 Å². The fourth-order valence-corrected chi connectivity index (χ4v) is 2.36. The molecule has 0 aliphatic heterocycles. The van der Waals surface area contributed by atoms with Crippen molar-refractivity contribution in [1.29, 1.82) is 0 Å². The molecule has 0 unspecified atom stereocenters. The average molecular weight is 307 g/mol. The van der Waals surface area contributed by atoms with E-state index in [1.165, 1.54) is 0 Å². The van der Waals surface area contributed by atoms with Crippen LogP contribution in [0.2, 0.25) is 0 Å². The summed E-state index contributed by atoms with van der Waals surface area (Å²) in [7, 11) is 0. The van der Waals surface area contributed by atoms with E-state index in [2.05, 4.69) is 39.8 Å². The van der Waals surface area contributed by atoms with Gasteiger partial charge in [0.25, 0.3) is 5.91 Å². The van der Waals surface area contributed by atoms with Crippen LogP contribution in [0.5, 0.6) is 0 Å². The molecule has 23 heavy (non-hydrogen) atoms. The first-order valence-electron chi connectivity index (χ1n) is 7.39. The fraction of sp³-hybridized carbons (Fsp3) is 0.176. The molecule has 0 atom stereocenters. The second-order valence-corrected chi connectivity index (χ2v) is 5.51. The van der Waals surface area contributed by atoms with Crippen LogP contribution >= 0.6 is 0 Å². The second-order valence-electron chi connectivity index (χ2n) is 5.51.